The van der Waals surface area contributed by atoms with Gasteiger partial charge in [-0.25, -0.2) is 14.6 Å². The minimum atomic E-state index is -0.995. The molecule has 1 aliphatic rings. The predicted octanol–water partition coefficient (Wildman–Crippen LogP) is 2.73. The molecule has 1 fully saturated rings. The van der Waals surface area contributed by atoms with Gasteiger partial charge in [-0.3, -0.25) is 14.5 Å². The first-order chi connectivity index (χ1) is 14.3. The summed E-state index contributed by atoms with van der Waals surface area (Å²) in [5.74, 6) is -1.54. The average Bonchev–Trinajstić information content (AvgIpc) is 3.17. The van der Waals surface area contributed by atoms with Gasteiger partial charge in [0.2, 0.25) is 5.91 Å². The Morgan fingerprint density at radius 1 is 1.33 bits per heavy atom. The Hall–Kier alpha value is -2.98. The predicted molar refractivity (Wildman–Crippen MR) is 110 cm³/mol. The summed E-state index contributed by atoms with van der Waals surface area (Å²) in [5.41, 5.74) is 1.06. The molecule has 1 atom stereocenters. The van der Waals surface area contributed by atoms with Gasteiger partial charge in [-0.05, 0) is 25.5 Å². The van der Waals surface area contributed by atoms with E-state index in [0.29, 0.717) is 21.2 Å². The van der Waals surface area contributed by atoms with E-state index in [2.05, 4.69) is 15.6 Å². The Bertz CT molecular complexity index is 1010. The lowest BCUT2D eigenvalue weighted by atomic mass is 10.1. The van der Waals surface area contributed by atoms with E-state index in [1.165, 1.54) is 0 Å². The Balaban J connectivity index is 1.61. The molecule has 1 saturated heterocycles. The van der Waals surface area contributed by atoms with Gasteiger partial charge in [-0.1, -0.05) is 41.1 Å². The maximum absolute atomic E-state index is 12.6. The van der Waals surface area contributed by atoms with Crippen LogP contribution in [-0.2, 0) is 20.9 Å². The van der Waals surface area contributed by atoms with Crippen LogP contribution < -0.4 is 10.6 Å². The summed E-state index contributed by atoms with van der Waals surface area (Å²) in [6.45, 7) is 3.56. The first-order valence-electron chi connectivity index (χ1n) is 9.09. The van der Waals surface area contributed by atoms with Gasteiger partial charge in [0.25, 0.3) is 5.91 Å². The first kappa shape index (κ1) is 21.7. The van der Waals surface area contributed by atoms with Crippen molar-refractivity contribution in [1.29, 1.82) is 0 Å². The number of hydrogen-bond donors (Lipinski definition) is 2. The number of esters is 1. The zero-order chi connectivity index (χ0) is 21.8. The van der Waals surface area contributed by atoms with Gasteiger partial charge in [0, 0.05) is 5.02 Å². The highest BCUT2D eigenvalue weighted by atomic mass is 35.5. The lowest BCUT2D eigenvalue weighted by molar-refractivity contribution is -0.130. The van der Waals surface area contributed by atoms with Gasteiger partial charge >= 0.3 is 12.0 Å². The summed E-state index contributed by atoms with van der Waals surface area (Å²) in [6, 6.07) is 5.30. The second-order valence-electron chi connectivity index (χ2n) is 6.42. The van der Waals surface area contributed by atoms with Crippen molar-refractivity contribution in [3.63, 3.8) is 0 Å². The largest absolute Gasteiger partial charge is 0.462 e. The number of benzene rings is 1. The molecule has 0 saturated carbocycles. The second kappa shape index (κ2) is 9.23. The number of carbonyl (C=O) groups is 4. The minimum absolute atomic E-state index is 0.0109. The van der Waals surface area contributed by atoms with E-state index in [4.69, 9.17) is 16.3 Å². The van der Waals surface area contributed by atoms with Crippen molar-refractivity contribution in [3.05, 3.63) is 45.4 Å². The average molecular weight is 451 g/mol. The van der Waals surface area contributed by atoms with Gasteiger partial charge in [0.15, 0.2) is 5.13 Å². The number of nitrogens with one attached hydrogen (secondary N) is 2. The molecule has 2 heterocycles. The molecule has 9 nitrogen and oxygen atoms in total. The Morgan fingerprint density at radius 3 is 2.77 bits per heavy atom. The van der Waals surface area contributed by atoms with Gasteiger partial charge in [-0.2, -0.15) is 0 Å². The molecule has 0 unspecified atom stereocenters. The number of thiazole rings is 1. The summed E-state index contributed by atoms with van der Waals surface area (Å²) < 4.78 is 4.94. The number of hydrogen-bond acceptors (Lipinski definition) is 7. The molecule has 30 heavy (non-hydrogen) atoms. The third kappa shape index (κ3) is 4.77. The number of imide groups is 1. The Morgan fingerprint density at radius 2 is 2.07 bits per heavy atom. The number of aromatic nitrogens is 1. The van der Waals surface area contributed by atoms with E-state index >= 15 is 0 Å². The van der Waals surface area contributed by atoms with Gasteiger partial charge in [0.1, 0.15) is 10.9 Å². The van der Waals surface area contributed by atoms with Crippen molar-refractivity contribution < 1.29 is 23.9 Å². The van der Waals surface area contributed by atoms with Crippen molar-refractivity contribution in [1.82, 2.24) is 15.2 Å². The number of urea groups is 1. The monoisotopic (exact) mass is 450 g/mol. The quantitative estimate of drug-likeness (QED) is 0.494. The highest BCUT2D eigenvalue weighted by Crippen LogP contribution is 2.24. The molecule has 1 aliphatic heterocycles. The fourth-order valence-corrected chi connectivity index (χ4v) is 3.93. The van der Waals surface area contributed by atoms with Crippen LogP contribution in [0.1, 0.15) is 34.3 Å². The van der Waals surface area contributed by atoms with Crippen LogP contribution in [0.2, 0.25) is 5.02 Å². The van der Waals surface area contributed by atoms with E-state index in [1.54, 1.807) is 38.1 Å². The van der Waals surface area contributed by atoms with Crippen LogP contribution in [0.15, 0.2) is 24.3 Å². The molecule has 0 bridgehead atoms. The smallest absolute Gasteiger partial charge is 0.350 e. The normalized spacial score (nSPS) is 15.8. The molecule has 4 amide bonds. The van der Waals surface area contributed by atoms with Crippen LogP contribution in [0, 0.1) is 6.92 Å². The van der Waals surface area contributed by atoms with Crippen LogP contribution in [-0.4, -0.2) is 46.3 Å². The molecule has 0 radical (unpaired) electrons. The van der Waals surface area contributed by atoms with Crippen LogP contribution in [0.3, 0.4) is 0 Å². The fourth-order valence-electron chi connectivity index (χ4n) is 2.85. The third-order valence-electron chi connectivity index (χ3n) is 4.29. The summed E-state index contributed by atoms with van der Waals surface area (Å²) in [7, 11) is 0. The number of halogens is 1. The molecule has 158 valence electrons. The van der Waals surface area contributed by atoms with Crippen LogP contribution in [0.5, 0.6) is 0 Å². The summed E-state index contributed by atoms with van der Waals surface area (Å²) >= 11 is 7.08. The molecule has 1 aromatic carbocycles. The lowest BCUT2D eigenvalue weighted by Gasteiger charge is -2.14. The van der Waals surface area contributed by atoms with E-state index in [-0.39, 0.29) is 24.7 Å². The fraction of sp³-hybridized carbons (Fsp3) is 0.316. The number of rotatable bonds is 7. The van der Waals surface area contributed by atoms with Crippen LogP contribution in [0.4, 0.5) is 9.93 Å². The van der Waals surface area contributed by atoms with Crippen LogP contribution in [0.25, 0.3) is 0 Å². The van der Waals surface area contributed by atoms with Crippen molar-refractivity contribution >= 4 is 51.9 Å². The zero-order valence-corrected chi connectivity index (χ0v) is 17.8. The molecule has 2 aromatic rings. The SMILES string of the molecule is CCOC(=O)c1sc(NC(=O)C[C@@H]2NC(=O)N(Cc3ccccc3Cl)C2=O)nc1C. The number of carbonyl (C=O) groups excluding carboxylic acids is 4. The van der Waals surface area contributed by atoms with Crippen molar-refractivity contribution in [2.24, 2.45) is 0 Å². The Kier molecular flexibility index (Phi) is 6.68. The third-order valence-corrected chi connectivity index (χ3v) is 5.71. The zero-order valence-electron chi connectivity index (χ0n) is 16.2. The highest BCUT2D eigenvalue weighted by Gasteiger charge is 2.39. The van der Waals surface area contributed by atoms with E-state index < -0.39 is 29.9 Å². The summed E-state index contributed by atoms with van der Waals surface area (Å²) in [6.07, 6.45) is -0.267. The van der Waals surface area contributed by atoms with Gasteiger partial charge in [0.05, 0.1) is 25.3 Å². The van der Waals surface area contributed by atoms with Crippen molar-refractivity contribution in [3.8, 4) is 0 Å². The van der Waals surface area contributed by atoms with Gasteiger partial charge < -0.3 is 15.4 Å². The molecule has 3 rings (SSSR count). The highest BCUT2D eigenvalue weighted by molar-refractivity contribution is 7.17. The van der Waals surface area contributed by atoms with Gasteiger partial charge in [-0.15, -0.1) is 0 Å². The number of ether oxygens (including phenoxy) is 1. The lowest BCUT2D eigenvalue weighted by Crippen LogP contribution is -2.34. The van der Waals surface area contributed by atoms with E-state index in [0.717, 1.165) is 16.2 Å². The maximum atomic E-state index is 12.6. The van der Waals surface area contributed by atoms with Crippen LogP contribution >= 0.6 is 22.9 Å². The molecule has 2 N–H and O–H groups in total. The van der Waals surface area contributed by atoms with Crippen molar-refractivity contribution in [2.75, 3.05) is 11.9 Å². The molecule has 0 aliphatic carbocycles. The number of nitrogens with zero attached hydrogens (tertiary/aromatic N) is 2. The molecule has 0 spiro atoms. The minimum Gasteiger partial charge on any atom is -0.462 e. The van der Waals surface area contributed by atoms with E-state index in [9.17, 15) is 19.2 Å². The second-order valence-corrected chi connectivity index (χ2v) is 7.83. The number of anilines is 1. The first-order valence-corrected chi connectivity index (χ1v) is 10.3. The topological polar surface area (TPSA) is 118 Å². The molecular formula is C19H19ClN4O5S. The maximum Gasteiger partial charge on any atom is 0.350 e. The standard InChI is InChI=1S/C19H19ClN4O5S/c1-3-29-17(27)15-10(2)21-18(30-15)23-14(25)8-13-16(26)24(19(28)22-13)9-11-6-4-5-7-12(11)20/h4-7,13H,3,8-9H2,1-2H3,(H,22,28)(H,21,23,25)/t13-/m0/s1. The van der Waals surface area contributed by atoms with Crippen molar-refractivity contribution in [2.45, 2.75) is 32.9 Å². The summed E-state index contributed by atoms with van der Waals surface area (Å²) in [5, 5.41) is 5.71. The Labute approximate surface area is 181 Å². The number of aryl methyl sites for hydroxylation is 1. The molecular weight excluding hydrogens is 432 g/mol. The molecule has 1 aromatic heterocycles. The number of amides is 4. The molecule has 11 heteroatoms. The summed E-state index contributed by atoms with van der Waals surface area (Å²) in [4.78, 5) is 54.4. The van der Waals surface area contributed by atoms with E-state index in [1.807, 2.05) is 0 Å².